The quantitative estimate of drug-likeness (QED) is 0.603. The molecule has 9 nitrogen and oxygen atoms in total. The molecule has 2 aliphatic heterocycles. The van der Waals surface area contributed by atoms with Crippen LogP contribution in [0.5, 0.6) is 0 Å². The number of nitrogens with one attached hydrogen (secondary N) is 2. The van der Waals surface area contributed by atoms with E-state index < -0.39 is 30.1 Å². The lowest BCUT2D eigenvalue weighted by Crippen LogP contribution is -2.50. The Morgan fingerprint density at radius 3 is 2.77 bits per heavy atom. The second-order valence-corrected chi connectivity index (χ2v) is 6.15. The van der Waals surface area contributed by atoms with Crippen molar-refractivity contribution in [3.05, 3.63) is 11.3 Å². The number of carbonyl (C=O) groups excluding carboxylic acids is 3. The lowest BCUT2D eigenvalue weighted by atomic mass is 10.0. The van der Waals surface area contributed by atoms with Gasteiger partial charge in [0.05, 0.1) is 36.6 Å². The van der Waals surface area contributed by atoms with Crippen LogP contribution in [-0.4, -0.2) is 62.6 Å². The van der Waals surface area contributed by atoms with E-state index in [9.17, 15) is 14.4 Å². The molecule has 3 unspecified atom stereocenters. The van der Waals surface area contributed by atoms with Gasteiger partial charge in [-0.25, -0.2) is 14.4 Å². The van der Waals surface area contributed by atoms with Crippen LogP contribution in [0.2, 0.25) is 0 Å². The number of esters is 2. The minimum atomic E-state index is -0.777. The first kappa shape index (κ1) is 20.2. The van der Waals surface area contributed by atoms with Gasteiger partial charge in [0.2, 0.25) is 0 Å². The third-order valence-electron chi connectivity index (χ3n) is 4.11. The Labute approximate surface area is 152 Å². The zero-order chi connectivity index (χ0) is 19.1. The highest BCUT2D eigenvalue weighted by molar-refractivity contribution is 5.94. The Bertz CT molecular complexity index is 569. The molecule has 1 fully saturated rings. The smallest absolute Gasteiger partial charge is 0.338 e. The highest BCUT2D eigenvalue weighted by Crippen LogP contribution is 2.16. The summed E-state index contributed by atoms with van der Waals surface area (Å²) in [5.74, 6) is -1.15. The van der Waals surface area contributed by atoms with E-state index in [-0.39, 0.29) is 30.6 Å². The Balaban J connectivity index is 1.92. The fourth-order valence-corrected chi connectivity index (χ4v) is 2.75. The van der Waals surface area contributed by atoms with Gasteiger partial charge in [-0.2, -0.15) is 0 Å². The van der Waals surface area contributed by atoms with Crippen LogP contribution in [0.3, 0.4) is 0 Å². The Morgan fingerprint density at radius 1 is 1.35 bits per heavy atom. The largest absolute Gasteiger partial charge is 0.463 e. The van der Waals surface area contributed by atoms with Crippen molar-refractivity contribution in [3.63, 3.8) is 0 Å². The summed E-state index contributed by atoms with van der Waals surface area (Å²) in [4.78, 5) is 35.9. The van der Waals surface area contributed by atoms with Gasteiger partial charge >= 0.3 is 18.0 Å². The fraction of sp³-hybridized carbons (Fsp3) is 0.706. The molecule has 2 heterocycles. The summed E-state index contributed by atoms with van der Waals surface area (Å²) in [7, 11) is 0. The Kier molecular flexibility index (Phi) is 7.40. The summed E-state index contributed by atoms with van der Waals surface area (Å²) >= 11 is 0. The molecular formula is C17H26N2O7. The number of carbonyl (C=O) groups is 3. The van der Waals surface area contributed by atoms with Crippen molar-refractivity contribution < 1.29 is 33.3 Å². The van der Waals surface area contributed by atoms with Crippen molar-refractivity contribution in [2.24, 2.45) is 0 Å². The van der Waals surface area contributed by atoms with Gasteiger partial charge in [-0.3, -0.25) is 0 Å². The van der Waals surface area contributed by atoms with E-state index in [0.29, 0.717) is 13.2 Å². The van der Waals surface area contributed by atoms with Gasteiger partial charge in [0.25, 0.3) is 0 Å². The highest BCUT2D eigenvalue weighted by Gasteiger charge is 2.30. The second-order valence-electron chi connectivity index (χ2n) is 6.15. The molecule has 0 aliphatic carbocycles. The molecule has 0 aromatic rings. The van der Waals surface area contributed by atoms with Crippen LogP contribution in [0, 0.1) is 0 Å². The lowest BCUT2D eigenvalue weighted by molar-refractivity contribution is -0.157. The summed E-state index contributed by atoms with van der Waals surface area (Å²) in [6.45, 7) is 5.91. The second kappa shape index (κ2) is 9.54. The maximum absolute atomic E-state index is 12.1. The van der Waals surface area contributed by atoms with Crippen LogP contribution in [-0.2, 0) is 28.5 Å². The van der Waals surface area contributed by atoms with Crippen molar-refractivity contribution in [1.82, 2.24) is 10.6 Å². The predicted molar refractivity (Wildman–Crippen MR) is 90.1 cm³/mol. The Hall–Kier alpha value is -2.13. The molecular weight excluding hydrogens is 344 g/mol. The van der Waals surface area contributed by atoms with Crippen LogP contribution in [0.15, 0.2) is 11.3 Å². The number of amides is 2. The molecule has 0 aromatic carbocycles. The molecule has 2 N–H and O–H groups in total. The first-order valence-corrected chi connectivity index (χ1v) is 8.79. The number of hydrogen-bond donors (Lipinski definition) is 2. The molecule has 2 rings (SSSR count). The minimum Gasteiger partial charge on any atom is -0.463 e. The van der Waals surface area contributed by atoms with Crippen LogP contribution in [0.4, 0.5) is 4.79 Å². The van der Waals surface area contributed by atoms with E-state index in [1.54, 1.807) is 20.8 Å². The average molecular weight is 370 g/mol. The third-order valence-corrected chi connectivity index (χ3v) is 4.11. The van der Waals surface area contributed by atoms with Gasteiger partial charge in [0.1, 0.15) is 6.61 Å². The van der Waals surface area contributed by atoms with Crippen molar-refractivity contribution >= 4 is 18.0 Å². The normalized spacial score (nSPS) is 23.9. The van der Waals surface area contributed by atoms with Crippen molar-refractivity contribution in [2.45, 2.75) is 51.9 Å². The van der Waals surface area contributed by atoms with Gasteiger partial charge in [-0.1, -0.05) is 0 Å². The molecule has 26 heavy (non-hydrogen) atoms. The number of ether oxygens (including phenoxy) is 4. The minimum absolute atomic E-state index is 0.00734. The maximum Gasteiger partial charge on any atom is 0.338 e. The topological polar surface area (TPSA) is 112 Å². The molecule has 146 valence electrons. The first-order chi connectivity index (χ1) is 12.4. The zero-order valence-corrected chi connectivity index (χ0v) is 15.3. The summed E-state index contributed by atoms with van der Waals surface area (Å²) in [5.41, 5.74) is 0.437. The molecule has 0 spiro atoms. The fourth-order valence-electron chi connectivity index (χ4n) is 2.75. The van der Waals surface area contributed by atoms with E-state index >= 15 is 0 Å². The van der Waals surface area contributed by atoms with E-state index in [1.165, 1.54) is 0 Å². The standard InChI is InChI=1S/C17H26N2O7/c1-4-23-16(21)14-10(2)18-17(22)19-13(14)9-26-15(20)11(3)25-8-12-6-5-7-24-12/h10-12H,4-9H2,1-3H3,(H2,18,19,22). The van der Waals surface area contributed by atoms with Gasteiger partial charge in [-0.05, 0) is 33.6 Å². The van der Waals surface area contributed by atoms with Crippen molar-refractivity contribution in [1.29, 1.82) is 0 Å². The molecule has 0 saturated carbocycles. The van der Waals surface area contributed by atoms with E-state index in [0.717, 1.165) is 12.8 Å². The molecule has 2 amide bonds. The molecule has 0 radical (unpaired) electrons. The third kappa shape index (κ3) is 5.43. The van der Waals surface area contributed by atoms with E-state index in [1.807, 2.05) is 0 Å². The molecule has 0 aromatic heterocycles. The van der Waals surface area contributed by atoms with Crippen molar-refractivity contribution in [3.8, 4) is 0 Å². The predicted octanol–water partition coefficient (Wildman–Crippen LogP) is 0.632. The average Bonchev–Trinajstić information content (AvgIpc) is 3.10. The van der Waals surface area contributed by atoms with Gasteiger partial charge in [0.15, 0.2) is 6.10 Å². The van der Waals surface area contributed by atoms with Gasteiger partial charge < -0.3 is 29.6 Å². The number of urea groups is 1. The molecule has 2 aliphatic rings. The van der Waals surface area contributed by atoms with Crippen LogP contribution in [0.1, 0.15) is 33.6 Å². The monoisotopic (exact) mass is 370 g/mol. The highest BCUT2D eigenvalue weighted by atomic mass is 16.6. The van der Waals surface area contributed by atoms with E-state index in [2.05, 4.69) is 10.6 Å². The lowest BCUT2D eigenvalue weighted by Gasteiger charge is -2.26. The first-order valence-electron chi connectivity index (χ1n) is 8.79. The van der Waals surface area contributed by atoms with Crippen LogP contribution in [0.25, 0.3) is 0 Å². The van der Waals surface area contributed by atoms with E-state index in [4.69, 9.17) is 18.9 Å². The van der Waals surface area contributed by atoms with Crippen molar-refractivity contribution in [2.75, 3.05) is 26.4 Å². The van der Waals surface area contributed by atoms with Crippen LogP contribution < -0.4 is 10.6 Å². The van der Waals surface area contributed by atoms with Gasteiger partial charge in [-0.15, -0.1) is 0 Å². The molecule has 0 bridgehead atoms. The summed E-state index contributed by atoms with van der Waals surface area (Å²) in [5, 5.41) is 5.07. The van der Waals surface area contributed by atoms with Crippen LogP contribution >= 0.6 is 0 Å². The number of hydrogen-bond acceptors (Lipinski definition) is 7. The molecule has 1 saturated heterocycles. The summed E-state index contributed by atoms with van der Waals surface area (Å²) < 4.78 is 21.1. The SMILES string of the molecule is CCOC(=O)C1=C(COC(=O)C(C)OCC2CCCO2)NC(=O)NC1C. The molecule has 9 heteroatoms. The summed E-state index contributed by atoms with van der Waals surface area (Å²) in [6, 6.07) is -1.02. The summed E-state index contributed by atoms with van der Waals surface area (Å²) in [6.07, 6.45) is 1.13. The zero-order valence-electron chi connectivity index (χ0n) is 15.3. The maximum atomic E-state index is 12.1. The van der Waals surface area contributed by atoms with Gasteiger partial charge in [0, 0.05) is 6.61 Å². The molecule has 3 atom stereocenters. The number of rotatable bonds is 8. The Morgan fingerprint density at radius 2 is 2.12 bits per heavy atom.